The van der Waals surface area contributed by atoms with Gasteiger partial charge >= 0.3 is 0 Å². The summed E-state index contributed by atoms with van der Waals surface area (Å²) in [4.78, 5) is 12.7. The summed E-state index contributed by atoms with van der Waals surface area (Å²) in [6.07, 6.45) is 3.53. The van der Waals surface area contributed by atoms with E-state index in [0.717, 1.165) is 50.5 Å². The SMILES string of the molecule is Cc1nnc2n1C[C@H](NC(=O)[C@@H](OC[C@H]1CCCO1)C(C)C)CC2. The maximum atomic E-state index is 12.7. The average Bonchev–Trinajstić information content (AvgIpc) is 3.18. The predicted octanol–water partition coefficient (Wildman–Crippen LogP) is 1.24. The molecule has 1 aromatic heterocycles. The average molecular weight is 336 g/mol. The molecule has 0 aliphatic carbocycles. The summed E-state index contributed by atoms with van der Waals surface area (Å²) in [5.41, 5.74) is 0. The summed E-state index contributed by atoms with van der Waals surface area (Å²) in [6, 6.07) is 0.104. The van der Waals surface area contributed by atoms with Gasteiger partial charge in [0.1, 0.15) is 17.8 Å². The molecule has 1 saturated heterocycles. The second-order valence-electron chi connectivity index (χ2n) is 7.15. The molecular formula is C17H28N4O3. The van der Waals surface area contributed by atoms with Gasteiger partial charge in [0.05, 0.1) is 12.7 Å². The van der Waals surface area contributed by atoms with E-state index >= 15 is 0 Å². The monoisotopic (exact) mass is 336 g/mol. The van der Waals surface area contributed by atoms with Crippen molar-refractivity contribution in [3.63, 3.8) is 0 Å². The zero-order valence-corrected chi connectivity index (χ0v) is 14.8. The van der Waals surface area contributed by atoms with Crippen LogP contribution in [0.4, 0.5) is 0 Å². The molecule has 7 heteroatoms. The first kappa shape index (κ1) is 17.4. The number of carbonyl (C=O) groups excluding carboxylic acids is 1. The molecule has 1 N–H and O–H groups in total. The number of aromatic nitrogens is 3. The Morgan fingerprint density at radius 3 is 2.96 bits per heavy atom. The van der Waals surface area contributed by atoms with Crippen LogP contribution in [0.3, 0.4) is 0 Å². The van der Waals surface area contributed by atoms with Crippen molar-refractivity contribution >= 4 is 5.91 Å². The molecule has 2 aliphatic rings. The Hall–Kier alpha value is -1.47. The summed E-state index contributed by atoms with van der Waals surface area (Å²) < 4.78 is 13.6. The summed E-state index contributed by atoms with van der Waals surface area (Å²) in [5.74, 6) is 2.01. The highest BCUT2D eigenvalue weighted by Gasteiger charge is 2.29. The highest BCUT2D eigenvalue weighted by molar-refractivity contribution is 5.81. The minimum Gasteiger partial charge on any atom is -0.376 e. The van der Waals surface area contributed by atoms with Gasteiger partial charge in [0, 0.05) is 25.6 Å². The Bertz CT molecular complexity index is 566. The number of ether oxygens (including phenoxy) is 2. The van der Waals surface area contributed by atoms with E-state index in [0.29, 0.717) is 6.61 Å². The zero-order valence-electron chi connectivity index (χ0n) is 14.8. The second-order valence-corrected chi connectivity index (χ2v) is 7.15. The molecule has 24 heavy (non-hydrogen) atoms. The number of aryl methyl sites for hydroxylation is 2. The van der Waals surface area contributed by atoms with Crippen LogP contribution in [0.15, 0.2) is 0 Å². The largest absolute Gasteiger partial charge is 0.376 e. The van der Waals surface area contributed by atoms with Crippen molar-refractivity contribution in [2.24, 2.45) is 5.92 Å². The maximum absolute atomic E-state index is 12.7. The maximum Gasteiger partial charge on any atom is 0.249 e. The third-order valence-corrected chi connectivity index (χ3v) is 4.83. The lowest BCUT2D eigenvalue weighted by atomic mass is 10.0. The van der Waals surface area contributed by atoms with Gasteiger partial charge in [0.15, 0.2) is 0 Å². The Morgan fingerprint density at radius 1 is 1.42 bits per heavy atom. The fraction of sp³-hybridized carbons (Fsp3) is 0.824. The van der Waals surface area contributed by atoms with Gasteiger partial charge in [-0.3, -0.25) is 4.79 Å². The molecule has 1 aromatic rings. The van der Waals surface area contributed by atoms with Crippen LogP contribution < -0.4 is 5.32 Å². The third kappa shape index (κ3) is 3.95. The van der Waals surface area contributed by atoms with Crippen molar-refractivity contribution in [3.8, 4) is 0 Å². The van der Waals surface area contributed by atoms with E-state index in [9.17, 15) is 4.79 Å². The van der Waals surface area contributed by atoms with Crippen LogP contribution in [0.25, 0.3) is 0 Å². The normalized spacial score (nSPS) is 24.8. The van der Waals surface area contributed by atoms with Crippen LogP contribution >= 0.6 is 0 Å². The van der Waals surface area contributed by atoms with Crippen LogP contribution in [-0.2, 0) is 27.2 Å². The molecule has 134 valence electrons. The van der Waals surface area contributed by atoms with Crippen molar-refractivity contribution in [2.75, 3.05) is 13.2 Å². The molecule has 0 saturated carbocycles. The number of amides is 1. The van der Waals surface area contributed by atoms with Crippen LogP contribution in [0.1, 0.15) is 44.8 Å². The third-order valence-electron chi connectivity index (χ3n) is 4.83. The van der Waals surface area contributed by atoms with Gasteiger partial charge in [-0.2, -0.15) is 0 Å². The van der Waals surface area contributed by atoms with Gasteiger partial charge in [0.2, 0.25) is 5.91 Å². The summed E-state index contributed by atoms with van der Waals surface area (Å²) in [6.45, 7) is 8.01. The fourth-order valence-electron chi connectivity index (χ4n) is 3.42. The molecule has 0 spiro atoms. The lowest BCUT2D eigenvalue weighted by Crippen LogP contribution is -2.48. The van der Waals surface area contributed by atoms with E-state index in [-0.39, 0.29) is 24.0 Å². The minimum atomic E-state index is -0.433. The Kier molecular flexibility index (Phi) is 5.50. The molecule has 0 radical (unpaired) electrons. The molecule has 0 aromatic carbocycles. The van der Waals surface area contributed by atoms with Gasteiger partial charge in [-0.1, -0.05) is 13.8 Å². The number of hydrogen-bond acceptors (Lipinski definition) is 5. The van der Waals surface area contributed by atoms with Crippen molar-refractivity contribution in [1.82, 2.24) is 20.1 Å². The van der Waals surface area contributed by atoms with Gasteiger partial charge in [-0.15, -0.1) is 10.2 Å². The lowest BCUT2D eigenvalue weighted by molar-refractivity contribution is -0.139. The van der Waals surface area contributed by atoms with E-state index in [4.69, 9.17) is 9.47 Å². The lowest BCUT2D eigenvalue weighted by Gasteiger charge is -2.28. The number of rotatable bonds is 6. The molecule has 1 fully saturated rings. The topological polar surface area (TPSA) is 78.3 Å². The fourth-order valence-corrected chi connectivity index (χ4v) is 3.42. The first-order valence-corrected chi connectivity index (χ1v) is 8.97. The van der Waals surface area contributed by atoms with Crippen LogP contribution in [-0.4, -0.2) is 52.1 Å². The molecular weight excluding hydrogens is 308 g/mol. The standard InChI is InChI=1S/C17H28N4O3/c1-11(2)16(24-10-14-5-4-8-23-14)17(22)18-13-6-7-15-20-19-12(3)21(15)9-13/h11,13-14,16H,4-10H2,1-3H3,(H,18,22)/t13-,14-,16+/m1/s1. The first-order valence-electron chi connectivity index (χ1n) is 8.97. The molecule has 3 atom stereocenters. The van der Waals surface area contributed by atoms with E-state index < -0.39 is 6.10 Å². The van der Waals surface area contributed by atoms with E-state index in [1.165, 1.54) is 0 Å². The molecule has 0 bridgehead atoms. The zero-order chi connectivity index (χ0) is 17.1. The number of fused-ring (bicyclic) bond motifs is 1. The highest BCUT2D eigenvalue weighted by atomic mass is 16.5. The number of carbonyl (C=O) groups is 1. The molecule has 0 unspecified atom stereocenters. The smallest absolute Gasteiger partial charge is 0.249 e. The minimum absolute atomic E-state index is 0.0258. The molecule has 1 amide bonds. The Balaban J connectivity index is 1.54. The first-order chi connectivity index (χ1) is 11.5. The summed E-state index contributed by atoms with van der Waals surface area (Å²) >= 11 is 0. The summed E-state index contributed by atoms with van der Waals surface area (Å²) in [7, 11) is 0. The molecule has 3 heterocycles. The Morgan fingerprint density at radius 2 is 2.25 bits per heavy atom. The van der Waals surface area contributed by atoms with Crippen LogP contribution in [0.5, 0.6) is 0 Å². The van der Waals surface area contributed by atoms with Crippen LogP contribution in [0.2, 0.25) is 0 Å². The molecule has 7 nitrogen and oxygen atoms in total. The van der Waals surface area contributed by atoms with Crippen molar-refractivity contribution < 1.29 is 14.3 Å². The van der Waals surface area contributed by atoms with E-state index in [1.807, 2.05) is 20.8 Å². The number of nitrogens with zero attached hydrogens (tertiary/aromatic N) is 3. The second kappa shape index (κ2) is 7.61. The van der Waals surface area contributed by atoms with Crippen molar-refractivity contribution in [2.45, 2.75) is 71.2 Å². The van der Waals surface area contributed by atoms with E-state index in [2.05, 4.69) is 20.1 Å². The quantitative estimate of drug-likeness (QED) is 0.845. The highest BCUT2D eigenvalue weighted by Crippen LogP contribution is 2.17. The van der Waals surface area contributed by atoms with Crippen LogP contribution in [0, 0.1) is 12.8 Å². The predicted molar refractivity (Wildman–Crippen MR) is 88.6 cm³/mol. The van der Waals surface area contributed by atoms with Crippen molar-refractivity contribution in [1.29, 1.82) is 0 Å². The van der Waals surface area contributed by atoms with Gasteiger partial charge in [0.25, 0.3) is 0 Å². The van der Waals surface area contributed by atoms with Gasteiger partial charge in [-0.25, -0.2) is 0 Å². The van der Waals surface area contributed by atoms with Gasteiger partial charge < -0.3 is 19.4 Å². The van der Waals surface area contributed by atoms with Crippen molar-refractivity contribution in [3.05, 3.63) is 11.6 Å². The summed E-state index contributed by atoms with van der Waals surface area (Å²) in [5, 5.41) is 11.4. The number of nitrogens with one attached hydrogen (secondary N) is 1. The number of hydrogen-bond donors (Lipinski definition) is 1. The van der Waals surface area contributed by atoms with Gasteiger partial charge in [-0.05, 0) is 32.1 Å². The molecule has 2 aliphatic heterocycles. The van der Waals surface area contributed by atoms with E-state index in [1.54, 1.807) is 0 Å². The Labute approximate surface area is 143 Å². The molecule has 3 rings (SSSR count).